The average molecular weight is 566 g/mol. The Labute approximate surface area is 244 Å². The second kappa shape index (κ2) is 10.2. The Hall–Kier alpha value is -3.51. The molecule has 0 aliphatic rings. The van der Waals surface area contributed by atoms with Crippen LogP contribution in [0.5, 0.6) is 0 Å². The molecule has 40 heavy (non-hydrogen) atoms. The Bertz CT molecular complexity index is 1860. The molecule has 2 aromatic heterocycles. The topological polar surface area (TPSA) is 39.9 Å². The van der Waals surface area contributed by atoms with Crippen molar-refractivity contribution in [3.63, 3.8) is 0 Å². The van der Waals surface area contributed by atoms with E-state index in [4.69, 9.17) is 21.3 Å². The predicted molar refractivity (Wildman–Crippen MR) is 169 cm³/mol. The lowest BCUT2D eigenvalue weighted by atomic mass is 9.92. The van der Waals surface area contributed by atoms with Gasteiger partial charge in [-0.05, 0) is 98.8 Å². The van der Waals surface area contributed by atoms with Gasteiger partial charge < -0.3 is 4.74 Å². The third-order valence-corrected chi connectivity index (χ3v) is 8.58. The number of fused-ring (bicyclic) bond motifs is 2. The van der Waals surface area contributed by atoms with Gasteiger partial charge in [0.05, 0.1) is 33.6 Å². The number of aromatic nitrogens is 3. The van der Waals surface area contributed by atoms with E-state index in [0.29, 0.717) is 0 Å². The summed E-state index contributed by atoms with van der Waals surface area (Å²) in [6, 6.07) is 25.4. The van der Waals surface area contributed by atoms with Crippen LogP contribution in [-0.2, 0) is 11.8 Å². The SMILES string of the molecule is Cc1cc2nc(-c3cccc(-c4ccc5c(cnn5C)c4)c3)sc2c(-c2ccc(Cl)cc2)c1[C@H](C)OC(C)(C)C. The summed E-state index contributed by atoms with van der Waals surface area (Å²) in [5.74, 6) is 0. The zero-order chi connectivity index (χ0) is 28.2. The number of rotatable bonds is 5. The van der Waals surface area contributed by atoms with E-state index in [1.54, 1.807) is 11.3 Å². The molecule has 2 heterocycles. The first-order valence-electron chi connectivity index (χ1n) is 13.5. The number of halogens is 1. The Morgan fingerprint density at radius 2 is 1.60 bits per heavy atom. The van der Waals surface area contributed by atoms with E-state index in [9.17, 15) is 0 Å². The largest absolute Gasteiger partial charge is 0.368 e. The van der Waals surface area contributed by atoms with Crippen LogP contribution in [0.1, 0.15) is 44.9 Å². The summed E-state index contributed by atoms with van der Waals surface area (Å²) in [5.41, 5.74) is 9.93. The number of hydrogen-bond acceptors (Lipinski definition) is 4. The summed E-state index contributed by atoms with van der Waals surface area (Å²) in [6.07, 6.45) is 1.82. The van der Waals surface area contributed by atoms with Crippen LogP contribution in [-0.4, -0.2) is 20.4 Å². The van der Waals surface area contributed by atoms with Crippen molar-refractivity contribution in [3.05, 3.63) is 95.1 Å². The van der Waals surface area contributed by atoms with Crippen LogP contribution in [0.25, 0.3) is 53.9 Å². The van der Waals surface area contributed by atoms with Crippen molar-refractivity contribution in [2.75, 3.05) is 0 Å². The van der Waals surface area contributed by atoms with E-state index in [1.165, 1.54) is 16.7 Å². The number of aryl methyl sites for hydroxylation is 2. The molecule has 0 saturated carbocycles. The first kappa shape index (κ1) is 26.7. The van der Waals surface area contributed by atoms with Gasteiger partial charge in [0.1, 0.15) is 5.01 Å². The summed E-state index contributed by atoms with van der Waals surface area (Å²) < 4.78 is 9.54. The fourth-order valence-electron chi connectivity index (χ4n) is 5.53. The molecule has 6 rings (SSSR count). The number of ether oxygens (including phenoxy) is 1. The van der Waals surface area contributed by atoms with Crippen LogP contribution in [0.4, 0.5) is 0 Å². The zero-order valence-electron chi connectivity index (χ0n) is 23.6. The van der Waals surface area contributed by atoms with Crippen molar-refractivity contribution in [2.45, 2.75) is 46.3 Å². The second-order valence-electron chi connectivity index (χ2n) is 11.4. The maximum Gasteiger partial charge on any atom is 0.124 e. The normalized spacial score (nSPS) is 12.9. The Kier molecular flexibility index (Phi) is 6.78. The highest BCUT2D eigenvalue weighted by Crippen LogP contribution is 2.44. The Morgan fingerprint density at radius 3 is 2.35 bits per heavy atom. The number of hydrogen-bond donors (Lipinski definition) is 0. The van der Waals surface area contributed by atoms with Gasteiger partial charge in [0.15, 0.2) is 0 Å². The van der Waals surface area contributed by atoms with Crippen LogP contribution < -0.4 is 0 Å². The molecule has 0 radical (unpaired) electrons. The first-order valence-corrected chi connectivity index (χ1v) is 14.7. The van der Waals surface area contributed by atoms with Crippen LogP contribution in [0.2, 0.25) is 5.02 Å². The highest BCUT2D eigenvalue weighted by Gasteiger charge is 2.25. The summed E-state index contributed by atoms with van der Waals surface area (Å²) >= 11 is 8.01. The molecule has 0 fully saturated rings. The van der Waals surface area contributed by atoms with Crippen molar-refractivity contribution < 1.29 is 4.74 Å². The van der Waals surface area contributed by atoms with E-state index >= 15 is 0 Å². The second-order valence-corrected chi connectivity index (χ2v) is 12.8. The van der Waals surface area contributed by atoms with Crippen molar-refractivity contribution in [3.8, 4) is 32.8 Å². The monoisotopic (exact) mass is 565 g/mol. The van der Waals surface area contributed by atoms with Crippen molar-refractivity contribution in [1.29, 1.82) is 0 Å². The van der Waals surface area contributed by atoms with E-state index in [-0.39, 0.29) is 11.7 Å². The summed E-state index contributed by atoms with van der Waals surface area (Å²) in [7, 11) is 1.97. The minimum Gasteiger partial charge on any atom is -0.368 e. The van der Waals surface area contributed by atoms with Crippen molar-refractivity contribution in [2.24, 2.45) is 7.05 Å². The molecule has 0 aliphatic heterocycles. The minimum absolute atomic E-state index is 0.0913. The van der Waals surface area contributed by atoms with Crippen LogP contribution >= 0.6 is 22.9 Å². The summed E-state index contributed by atoms with van der Waals surface area (Å²) in [5, 5.41) is 7.25. The molecule has 4 aromatic carbocycles. The van der Waals surface area contributed by atoms with Crippen LogP contribution in [0.3, 0.4) is 0 Å². The molecule has 0 spiro atoms. The fourth-order valence-corrected chi connectivity index (χ4v) is 6.77. The predicted octanol–water partition coefficient (Wildman–Crippen LogP) is 10.0. The quantitative estimate of drug-likeness (QED) is 0.209. The van der Waals surface area contributed by atoms with Gasteiger partial charge in [-0.15, -0.1) is 11.3 Å². The average Bonchev–Trinajstić information content (AvgIpc) is 3.50. The van der Waals surface area contributed by atoms with Gasteiger partial charge in [-0.3, -0.25) is 4.68 Å². The number of thiazole rings is 1. The van der Waals surface area contributed by atoms with Gasteiger partial charge in [-0.2, -0.15) is 5.10 Å². The van der Waals surface area contributed by atoms with Gasteiger partial charge in [0, 0.05) is 28.6 Å². The van der Waals surface area contributed by atoms with E-state index in [2.05, 4.69) is 100 Å². The van der Waals surface area contributed by atoms with Gasteiger partial charge in [0.2, 0.25) is 0 Å². The van der Waals surface area contributed by atoms with E-state index in [0.717, 1.165) is 53.4 Å². The van der Waals surface area contributed by atoms with Crippen molar-refractivity contribution in [1.82, 2.24) is 14.8 Å². The Morgan fingerprint density at radius 1 is 0.900 bits per heavy atom. The Balaban J connectivity index is 1.50. The zero-order valence-corrected chi connectivity index (χ0v) is 25.2. The molecule has 0 amide bonds. The highest BCUT2D eigenvalue weighted by molar-refractivity contribution is 7.22. The fraction of sp³-hybridized carbons (Fsp3) is 0.235. The minimum atomic E-state index is -0.268. The van der Waals surface area contributed by atoms with Gasteiger partial charge >= 0.3 is 0 Å². The van der Waals surface area contributed by atoms with E-state index < -0.39 is 0 Å². The molecule has 6 aromatic rings. The molecule has 0 aliphatic carbocycles. The van der Waals surface area contributed by atoms with Crippen molar-refractivity contribution >= 4 is 44.1 Å². The lowest BCUT2D eigenvalue weighted by molar-refractivity contribution is -0.0529. The lowest BCUT2D eigenvalue weighted by Gasteiger charge is -2.28. The molecular formula is C34H32ClN3OS. The molecule has 1 atom stereocenters. The number of benzene rings is 4. The van der Waals surface area contributed by atoms with Gasteiger partial charge in [-0.1, -0.05) is 48.0 Å². The maximum absolute atomic E-state index is 6.48. The third kappa shape index (κ3) is 5.05. The summed E-state index contributed by atoms with van der Waals surface area (Å²) in [4.78, 5) is 5.15. The molecule has 0 unspecified atom stereocenters. The molecular weight excluding hydrogens is 534 g/mol. The molecule has 0 bridgehead atoms. The molecule has 0 saturated heterocycles. The van der Waals surface area contributed by atoms with Crippen LogP contribution in [0, 0.1) is 6.92 Å². The van der Waals surface area contributed by atoms with Gasteiger partial charge in [-0.25, -0.2) is 4.98 Å². The molecule has 4 nitrogen and oxygen atoms in total. The highest BCUT2D eigenvalue weighted by atomic mass is 35.5. The molecule has 202 valence electrons. The van der Waals surface area contributed by atoms with Crippen LogP contribution in [0.15, 0.2) is 79.0 Å². The third-order valence-electron chi connectivity index (χ3n) is 7.19. The number of nitrogens with zero attached hydrogens (tertiary/aromatic N) is 3. The van der Waals surface area contributed by atoms with E-state index in [1.807, 2.05) is 30.1 Å². The maximum atomic E-state index is 6.48. The first-order chi connectivity index (χ1) is 19.1. The van der Waals surface area contributed by atoms with Gasteiger partial charge in [0.25, 0.3) is 0 Å². The summed E-state index contributed by atoms with van der Waals surface area (Å²) in [6.45, 7) is 10.6. The molecule has 6 heteroatoms. The lowest BCUT2D eigenvalue weighted by Crippen LogP contribution is -2.22. The smallest absolute Gasteiger partial charge is 0.124 e. The standard InChI is InChI=1S/C34H32ClN3OS/c1-20-16-28-32(31(22-10-13-27(35)14-11-22)30(20)21(2)39-34(3,4)5)40-33(37-28)25-9-7-8-23(17-25)24-12-15-29-26(18-24)19-36-38(29)6/h7-19,21H,1-6H3/t21-/m0/s1. The molecule has 0 N–H and O–H groups in total.